The molecular weight excluding hydrogens is 195 g/mol. The van der Waals surface area contributed by atoms with Gasteiger partial charge >= 0.3 is 0 Å². The Morgan fingerprint density at radius 2 is 2.33 bits per heavy atom. The third-order valence-corrected chi connectivity index (χ3v) is 3.36. The molecule has 2 unspecified atom stereocenters. The minimum absolute atomic E-state index is 0.112. The summed E-state index contributed by atoms with van der Waals surface area (Å²) < 4.78 is 18.9. The van der Waals surface area contributed by atoms with Crippen LogP contribution in [0.2, 0.25) is 0 Å². The van der Waals surface area contributed by atoms with E-state index in [0.29, 0.717) is 18.4 Å². The third kappa shape index (κ3) is 1.86. The molecule has 2 rings (SSSR count). The summed E-state index contributed by atoms with van der Waals surface area (Å²) in [6.07, 6.45) is 4.25. The molecule has 1 N–H and O–H groups in total. The van der Waals surface area contributed by atoms with Crippen LogP contribution in [0, 0.1) is 0 Å². The van der Waals surface area contributed by atoms with E-state index in [4.69, 9.17) is 4.74 Å². The molecular formula is C12H17FO2. The van der Waals surface area contributed by atoms with E-state index in [9.17, 15) is 9.50 Å². The Kier molecular flexibility index (Phi) is 2.69. The average Bonchev–Trinajstić information content (AvgIpc) is 2.18. The van der Waals surface area contributed by atoms with E-state index in [2.05, 4.69) is 0 Å². The molecule has 0 saturated heterocycles. The van der Waals surface area contributed by atoms with E-state index >= 15 is 0 Å². The molecule has 0 radical (unpaired) electrons. The topological polar surface area (TPSA) is 29.5 Å². The van der Waals surface area contributed by atoms with Crippen LogP contribution < -0.4 is 0 Å². The molecule has 1 fully saturated rings. The van der Waals surface area contributed by atoms with Gasteiger partial charge in [-0.05, 0) is 43.4 Å². The van der Waals surface area contributed by atoms with Crippen LogP contribution >= 0.6 is 0 Å². The van der Waals surface area contributed by atoms with Crippen LogP contribution in [0.25, 0.3) is 0 Å². The molecule has 0 aromatic rings. The highest BCUT2D eigenvalue weighted by Crippen LogP contribution is 2.42. The predicted molar refractivity (Wildman–Crippen MR) is 56.1 cm³/mol. The van der Waals surface area contributed by atoms with Crippen molar-refractivity contribution >= 4 is 0 Å². The Morgan fingerprint density at radius 3 is 3.00 bits per heavy atom. The number of fused-ring (bicyclic) bond motifs is 1. The Bertz CT molecular complexity index is 329. The highest BCUT2D eigenvalue weighted by Gasteiger charge is 2.36. The molecule has 0 spiro atoms. The first-order valence-electron chi connectivity index (χ1n) is 5.40. The van der Waals surface area contributed by atoms with Crippen molar-refractivity contribution in [1.29, 1.82) is 0 Å². The van der Waals surface area contributed by atoms with E-state index in [-0.39, 0.29) is 11.9 Å². The lowest BCUT2D eigenvalue weighted by Crippen LogP contribution is -2.34. The second-order valence-corrected chi connectivity index (χ2v) is 4.57. The molecule has 1 saturated carbocycles. The van der Waals surface area contributed by atoms with Crippen molar-refractivity contribution in [3.05, 3.63) is 23.0 Å². The summed E-state index contributed by atoms with van der Waals surface area (Å²) in [6.45, 7) is 1.75. The molecule has 2 nitrogen and oxygen atoms in total. The Balaban J connectivity index is 2.39. The van der Waals surface area contributed by atoms with Crippen molar-refractivity contribution < 1.29 is 14.2 Å². The highest BCUT2D eigenvalue weighted by molar-refractivity contribution is 5.44. The van der Waals surface area contributed by atoms with Gasteiger partial charge in [0.2, 0.25) is 0 Å². The van der Waals surface area contributed by atoms with Crippen molar-refractivity contribution in [1.82, 2.24) is 0 Å². The van der Waals surface area contributed by atoms with Gasteiger partial charge in [0.15, 0.2) is 0 Å². The minimum atomic E-state index is -0.887. The van der Waals surface area contributed by atoms with Crippen molar-refractivity contribution in [3.8, 4) is 0 Å². The van der Waals surface area contributed by atoms with Crippen LogP contribution in [0.3, 0.4) is 0 Å². The van der Waals surface area contributed by atoms with Gasteiger partial charge in [0.1, 0.15) is 5.83 Å². The standard InChI is InChI=1S/C12H17FO2/c1-12(14)5-3-4-9-10(12)6-8(15-2)7-11(9)13/h6,8,14H,3-5,7H2,1-2H3. The number of hydrogen-bond donors (Lipinski definition) is 1. The van der Waals surface area contributed by atoms with E-state index in [1.54, 1.807) is 14.0 Å². The number of aliphatic hydroxyl groups is 1. The zero-order valence-corrected chi connectivity index (χ0v) is 9.22. The first kappa shape index (κ1) is 10.8. The van der Waals surface area contributed by atoms with Crippen LogP contribution in [-0.4, -0.2) is 23.9 Å². The molecule has 0 heterocycles. The quantitative estimate of drug-likeness (QED) is 0.723. The molecule has 0 bridgehead atoms. The molecule has 0 aromatic carbocycles. The molecule has 2 aliphatic carbocycles. The molecule has 0 amide bonds. The molecule has 15 heavy (non-hydrogen) atoms. The zero-order chi connectivity index (χ0) is 11.1. The summed E-state index contributed by atoms with van der Waals surface area (Å²) in [5, 5.41) is 10.2. The second-order valence-electron chi connectivity index (χ2n) is 4.57. The Hall–Kier alpha value is -0.670. The normalized spacial score (nSPS) is 36.3. The fourth-order valence-electron chi connectivity index (χ4n) is 2.46. The van der Waals surface area contributed by atoms with Crippen LogP contribution in [0.4, 0.5) is 4.39 Å². The lowest BCUT2D eigenvalue weighted by molar-refractivity contribution is 0.0715. The minimum Gasteiger partial charge on any atom is -0.385 e. The van der Waals surface area contributed by atoms with E-state index in [0.717, 1.165) is 18.4 Å². The Labute approximate surface area is 89.4 Å². The zero-order valence-electron chi connectivity index (χ0n) is 9.22. The molecule has 2 atom stereocenters. The van der Waals surface area contributed by atoms with Gasteiger partial charge in [0.25, 0.3) is 0 Å². The van der Waals surface area contributed by atoms with Crippen molar-refractivity contribution in [2.75, 3.05) is 7.11 Å². The van der Waals surface area contributed by atoms with E-state index in [1.165, 1.54) is 0 Å². The van der Waals surface area contributed by atoms with E-state index < -0.39 is 5.60 Å². The molecule has 2 aliphatic rings. The number of halogens is 1. The van der Waals surface area contributed by atoms with Gasteiger partial charge in [0, 0.05) is 13.5 Å². The number of rotatable bonds is 1. The van der Waals surface area contributed by atoms with Gasteiger partial charge in [-0.1, -0.05) is 0 Å². The lowest BCUT2D eigenvalue weighted by Gasteiger charge is -2.36. The lowest BCUT2D eigenvalue weighted by atomic mass is 9.75. The molecule has 3 heteroatoms. The van der Waals surface area contributed by atoms with Gasteiger partial charge in [-0.3, -0.25) is 0 Å². The van der Waals surface area contributed by atoms with Gasteiger partial charge in [-0.2, -0.15) is 0 Å². The fourth-order valence-corrected chi connectivity index (χ4v) is 2.46. The second kappa shape index (κ2) is 3.72. The monoisotopic (exact) mass is 212 g/mol. The first-order valence-corrected chi connectivity index (χ1v) is 5.40. The Morgan fingerprint density at radius 1 is 1.60 bits per heavy atom. The maximum Gasteiger partial charge on any atom is 0.106 e. The molecule has 84 valence electrons. The summed E-state index contributed by atoms with van der Waals surface area (Å²) in [4.78, 5) is 0. The van der Waals surface area contributed by atoms with Crippen LogP contribution in [0.1, 0.15) is 32.6 Å². The largest absolute Gasteiger partial charge is 0.385 e. The van der Waals surface area contributed by atoms with E-state index in [1.807, 2.05) is 6.08 Å². The van der Waals surface area contributed by atoms with Gasteiger partial charge in [-0.25, -0.2) is 4.39 Å². The van der Waals surface area contributed by atoms with Gasteiger partial charge in [-0.15, -0.1) is 0 Å². The van der Waals surface area contributed by atoms with Crippen LogP contribution in [0.5, 0.6) is 0 Å². The summed E-state index contributed by atoms with van der Waals surface area (Å²) in [7, 11) is 1.57. The van der Waals surface area contributed by atoms with Crippen molar-refractivity contribution in [3.63, 3.8) is 0 Å². The third-order valence-electron chi connectivity index (χ3n) is 3.36. The smallest absolute Gasteiger partial charge is 0.106 e. The maximum absolute atomic E-state index is 13.7. The summed E-state index contributed by atoms with van der Waals surface area (Å²) in [6, 6.07) is 0. The highest BCUT2D eigenvalue weighted by atomic mass is 19.1. The summed E-state index contributed by atoms with van der Waals surface area (Å²) in [5.74, 6) is -0.112. The predicted octanol–water partition coefficient (Wildman–Crippen LogP) is 2.49. The van der Waals surface area contributed by atoms with Crippen LogP contribution in [0.15, 0.2) is 23.0 Å². The SMILES string of the molecule is COC1C=C2C(=C(F)C1)CCCC2(C)O. The molecule has 0 aromatic heterocycles. The number of methoxy groups -OCH3 is 1. The number of ether oxygens (including phenoxy) is 1. The summed E-state index contributed by atoms with van der Waals surface area (Å²) >= 11 is 0. The van der Waals surface area contributed by atoms with Crippen molar-refractivity contribution in [2.45, 2.75) is 44.3 Å². The average molecular weight is 212 g/mol. The number of hydrogen-bond acceptors (Lipinski definition) is 2. The first-order chi connectivity index (χ1) is 7.04. The van der Waals surface area contributed by atoms with Gasteiger partial charge < -0.3 is 9.84 Å². The van der Waals surface area contributed by atoms with Crippen LogP contribution in [-0.2, 0) is 4.74 Å². The fraction of sp³-hybridized carbons (Fsp3) is 0.667. The molecule has 0 aliphatic heterocycles. The van der Waals surface area contributed by atoms with Crippen molar-refractivity contribution in [2.24, 2.45) is 0 Å². The maximum atomic E-state index is 13.7. The van der Waals surface area contributed by atoms with Gasteiger partial charge in [0.05, 0.1) is 11.7 Å². The summed E-state index contributed by atoms with van der Waals surface area (Å²) in [5.41, 5.74) is 0.561.